The topological polar surface area (TPSA) is 15.3 Å². The first-order chi connectivity index (χ1) is 9.27. The molecule has 1 fully saturated rings. The summed E-state index contributed by atoms with van der Waals surface area (Å²) < 4.78 is 0. The van der Waals surface area contributed by atoms with E-state index in [1.54, 1.807) is 0 Å². The van der Waals surface area contributed by atoms with Crippen molar-refractivity contribution in [2.24, 2.45) is 23.2 Å². The fraction of sp³-hybridized carbons (Fsp3) is 1.00. The third-order valence-corrected chi connectivity index (χ3v) is 5.44. The van der Waals surface area contributed by atoms with Crippen LogP contribution >= 0.6 is 0 Å². The Morgan fingerprint density at radius 2 is 1.90 bits per heavy atom. The second-order valence-electron chi connectivity index (χ2n) is 8.27. The summed E-state index contributed by atoms with van der Waals surface area (Å²) in [6.45, 7) is 14.4. The van der Waals surface area contributed by atoms with Crippen molar-refractivity contribution >= 4 is 0 Å². The first kappa shape index (κ1) is 18.0. The molecule has 0 aromatic rings. The summed E-state index contributed by atoms with van der Waals surface area (Å²) in [5.74, 6) is 2.51. The Bertz CT molecular complexity index is 269. The molecule has 0 aromatic heterocycles. The van der Waals surface area contributed by atoms with Crippen LogP contribution in [0, 0.1) is 23.2 Å². The minimum atomic E-state index is 0.465. The zero-order valence-corrected chi connectivity index (χ0v) is 15.0. The van der Waals surface area contributed by atoms with Gasteiger partial charge < -0.3 is 10.2 Å². The van der Waals surface area contributed by atoms with E-state index in [0.29, 0.717) is 11.5 Å². The molecule has 0 aromatic carbocycles. The molecule has 1 aliphatic carbocycles. The Hall–Kier alpha value is -0.0800. The van der Waals surface area contributed by atoms with Gasteiger partial charge in [0.25, 0.3) is 0 Å². The monoisotopic (exact) mass is 282 g/mol. The fourth-order valence-electron chi connectivity index (χ4n) is 3.77. The number of hydrogen-bond donors (Lipinski definition) is 1. The lowest BCUT2D eigenvalue weighted by atomic mass is 9.67. The van der Waals surface area contributed by atoms with E-state index >= 15 is 0 Å². The van der Waals surface area contributed by atoms with E-state index in [1.165, 1.54) is 38.8 Å². The number of hydrogen-bond acceptors (Lipinski definition) is 2. The van der Waals surface area contributed by atoms with Gasteiger partial charge in [-0.3, -0.25) is 0 Å². The summed E-state index contributed by atoms with van der Waals surface area (Å²) >= 11 is 0. The molecule has 1 saturated carbocycles. The summed E-state index contributed by atoms with van der Waals surface area (Å²) in [6, 6.07) is 0.716. The molecule has 1 aliphatic rings. The molecular weight excluding hydrogens is 244 g/mol. The third kappa shape index (κ3) is 5.37. The Morgan fingerprint density at radius 1 is 1.25 bits per heavy atom. The maximum absolute atomic E-state index is 3.57. The predicted octanol–water partition coefficient (Wildman–Crippen LogP) is 4.01. The van der Waals surface area contributed by atoms with Crippen LogP contribution in [0.2, 0.25) is 0 Å². The molecule has 2 nitrogen and oxygen atoms in total. The zero-order chi connectivity index (χ0) is 15.3. The first-order valence-electron chi connectivity index (χ1n) is 8.63. The highest BCUT2D eigenvalue weighted by Crippen LogP contribution is 2.40. The quantitative estimate of drug-likeness (QED) is 0.791. The van der Waals surface area contributed by atoms with Gasteiger partial charge in [-0.25, -0.2) is 0 Å². The van der Waals surface area contributed by atoms with Crippen molar-refractivity contribution in [1.82, 2.24) is 10.2 Å². The van der Waals surface area contributed by atoms with Crippen LogP contribution in [0.25, 0.3) is 0 Å². The number of nitrogens with one attached hydrogen (secondary N) is 1. The van der Waals surface area contributed by atoms with Crippen molar-refractivity contribution in [2.45, 2.75) is 66.3 Å². The minimum Gasteiger partial charge on any atom is -0.317 e. The molecule has 0 spiro atoms. The molecule has 0 aliphatic heterocycles. The second kappa shape index (κ2) is 7.79. The molecule has 1 rings (SSSR count). The summed E-state index contributed by atoms with van der Waals surface area (Å²) in [5, 5.41) is 3.57. The van der Waals surface area contributed by atoms with Gasteiger partial charge in [0.2, 0.25) is 0 Å². The molecule has 120 valence electrons. The van der Waals surface area contributed by atoms with E-state index in [-0.39, 0.29) is 0 Å². The van der Waals surface area contributed by atoms with Crippen LogP contribution in [0.4, 0.5) is 0 Å². The molecule has 0 bridgehead atoms. The van der Waals surface area contributed by atoms with Gasteiger partial charge in [0.15, 0.2) is 0 Å². The summed E-state index contributed by atoms with van der Waals surface area (Å²) in [4.78, 5) is 2.56. The lowest BCUT2D eigenvalue weighted by Crippen LogP contribution is -2.46. The van der Waals surface area contributed by atoms with E-state index in [2.05, 4.69) is 58.9 Å². The smallest absolute Gasteiger partial charge is 0.0105 e. The molecular formula is C18H38N2. The van der Waals surface area contributed by atoms with Gasteiger partial charge in [-0.2, -0.15) is 0 Å². The Kier molecular flexibility index (Phi) is 7.00. The average molecular weight is 283 g/mol. The van der Waals surface area contributed by atoms with Crippen LogP contribution in [0.15, 0.2) is 0 Å². The van der Waals surface area contributed by atoms with Gasteiger partial charge in [0.05, 0.1) is 0 Å². The van der Waals surface area contributed by atoms with E-state index < -0.39 is 0 Å². The largest absolute Gasteiger partial charge is 0.317 e. The van der Waals surface area contributed by atoms with Gasteiger partial charge in [-0.15, -0.1) is 0 Å². The summed E-state index contributed by atoms with van der Waals surface area (Å²) in [6.07, 6.45) is 5.41. The van der Waals surface area contributed by atoms with Gasteiger partial charge in [0.1, 0.15) is 0 Å². The first-order valence-corrected chi connectivity index (χ1v) is 8.63. The van der Waals surface area contributed by atoms with Gasteiger partial charge >= 0.3 is 0 Å². The van der Waals surface area contributed by atoms with Crippen molar-refractivity contribution in [3.63, 3.8) is 0 Å². The van der Waals surface area contributed by atoms with E-state index in [9.17, 15) is 0 Å². The Labute approximate surface area is 127 Å². The molecule has 2 heteroatoms. The number of nitrogens with zero attached hydrogens (tertiary/aromatic N) is 1. The Morgan fingerprint density at radius 3 is 2.40 bits per heavy atom. The van der Waals surface area contributed by atoms with Crippen molar-refractivity contribution in [3.8, 4) is 0 Å². The normalized spacial score (nSPS) is 29.7. The van der Waals surface area contributed by atoms with Crippen LogP contribution in [-0.2, 0) is 0 Å². The lowest BCUT2D eigenvalue weighted by Gasteiger charge is -2.43. The summed E-state index contributed by atoms with van der Waals surface area (Å²) in [5.41, 5.74) is 0.465. The standard InChI is InChI=1S/C18H38N2/c1-8-14(2)12-20(7)13-15-11-16(18(3,4)5)9-10-17(15)19-6/h14-17,19H,8-13H2,1-7H3. The maximum Gasteiger partial charge on any atom is 0.0105 e. The highest BCUT2D eigenvalue weighted by atomic mass is 15.1. The highest BCUT2D eigenvalue weighted by molar-refractivity contribution is 4.89. The molecule has 0 radical (unpaired) electrons. The van der Waals surface area contributed by atoms with E-state index in [4.69, 9.17) is 0 Å². The molecule has 4 unspecified atom stereocenters. The zero-order valence-electron chi connectivity index (χ0n) is 15.0. The SMILES string of the molecule is CCC(C)CN(C)CC1CC(C(C)(C)C)CCC1NC. The predicted molar refractivity (Wildman–Crippen MR) is 90.1 cm³/mol. The molecule has 0 saturated heterocycles. The van der Waals surface area contributed by atoms with E-state index in [1.807, 2.05) is 0 Å². The number of rotatable bonds is 6. The fourth-order valence-corrected chi connectivity index (χ4v) is 3.77. The molecule has 0 heterocycles. The van der Waals surface area contributed by atoms with Crippen molar-refractivity contribution in [2.75, 3.05) is 27.2 Å². The van der Waals surface area contributed by atoms with Crippen LogP contribution in [-0.4, -0.2) is 38.1 Å². The van der Waals surface area contributed by atoms with Crippen LogP contribution in [0.5, 0.6) is 0 Å². The summed E-state index contributed by atoms with van der Waals surface area (Å²) in [7, 11) is 4.45. The van der Waals surface area contributed by atoms with E-state index in [0.717, 1.165) is 17.8 Å². The molecule has 20 heavy (non-hydrogen) atoms. The van der Waals surface area contributed by atoms with Gasteiger partial charge in [0, 0.05) is 19.1 Å². The third-order valence-electron chi connectivity index (χ3n) is 5.44. The van der Waals surface area contributed by atoms with Crippen molar-refractivity contribution in [3.05, 3.63) is 0 Å². The average Bonchev–Trinajstić information content (AvgIpc) is 2.37. The van der Waals surface area contributed by atoms with Crippen LogP contribution in [0.3, 0.4) is 0 Å². The van der Waals surface area contributed by atoms with Gasteiger partial charge in [-0.05, 0) is 56.5 Å². The second-order valence-corrected chi connectivity index (χ2v) is 8.27. The maximum atomic E-state index is 3.57. The molecule has 4 atom stereocenters. The van der Waals surface area contributed by atoms with Crippen molar-refractivity contribution < 1.29 is 0 Å². The van der Waals surface area contributed by atoms with Gasteiger partial charge in [-0.1, -0.05) is 41.0 Å². The minimum absolute atomic E-state index is 0.465. The van der Waals surface area contributed by atoms with Crippen LogP contribution in [0.1, 0.15) is 60.3 Å². The van der Waals surface area contributed by atoms with Crippen molar-refractivity contribution in [1.29, 1.82) is 0 Å². The lowest BCUT2D eigenvalue weighted by molar-refractivity contribution is 0.0927. The molecule has 1 N–H and O–H groups in total. The molecule has 0 amide bonds. The Balaban J connectivity index is 2.58. The highest BCUT2D eigenvalue weighted by Gasteiger charge is 2.35. The van der Waals surface area contributed by atoms with Crippen LogP contribution < -0.4 is 5.32 Å².